The number of halogens is 1. The fourth-order valence-corrected chi connectivity index (χ4v) is 2.27. The van der Waals surface area contributed by atoms with Gasteiger partial charge in [0.25, 0.3) is 0 Å². The molecule has 3 nitrogen and oxygen atoms in total. The normalized spacial score (nSPS) is 10.9. The highest BCUT2D eigenvalue weighted by Gasteiger charge is 2.10. The zero-order chi connectivity index (χ0) is 15.0. The van der Waals surface area contributed by atoms with Crippen molar-refractivity contribution >= 4 is 15.9 Å². The number of rotatable bonds is 9. The number of ether oxygens (including phenoxy) is 2. The third kappa shape index (κ3) is 5.71. The third-order valence-electron chi connectivity index (χ3n) is 2.96. The van der Waals surface area contributed by atoms with Crippen LogP contribution in [-0.4, -0.2) is 20.3 Å². The predicted octanol–water partition coefficient (Wildman–Crippen LogP) is 4.38. The zero-order valence-corrected chi connectivity index (χ0v) is 14.5. The van der Waals surface area contributed by atoms with E-state index in [2.05, 4.69) is 42.0 Å². The molecule has 20 heavy (non-hydrogen) atoms. The molecular weight excluding hydrogens is 318 g/mol. The number of benzene rings is 1. The Bertz CT molecular complexity index is 408. The molecule has 0 radical (unpaired) electrons. The molecule has 0 atom stereocenters. The smallest absolute Gasteiger partial charge is 0.162 e. The number of unbranched alkanes of at least 4 members (excludes halogenated alkanes) is 1. The lowest BCUT2D eigenvalue weighted by molar-refractivity contribution is 0.288. The Kier molecular flexibility index (Phi) is 8.00. The summed E-state index contributed by atoms with van der Waals surface area (Å²) in [4.78, 5) is 0. The molecule has 0 heterocycles. The van der Waals surface area contributed by atoms with E-state index in [0.29, 0.717) is 5.92 Å². The second-order valence-corrected chi connectivity index (χ2v) is 6.18. The second kappa shape index (κ2) is 9.24. The van der Waals surface area contributed by atoms with Gasteiger partial charge in [-0.25, -0.2) is 0 Å². The predicted molar refractivity (Wildman–Crippen MR) is 87.6 cm³/mol. The van der Waals surface area contributed by atoms with E-state index >= 15 is 0 Å². The van der Waals surface area contributed by atoms with E-state index in [0.717, 1.165) is 48.5 Å². The third-order valence-corrected chi connectivity index (χ3v) is 3.69. The molecule has 0 fully saturated rings. The molecule has 114 valence electrons. The van der Waals surface area contributed by atoms with Gasteiger partial charge in [-0.1, -0.05) is 43.1 Å². The van der Waals surface area contributed by atoms with Gasteiger partial charge >= 0.3 is 0 Å². The zero-order valence-electron chi connectivity index (χ0n) is 13.0. The minimum absolute atomic E-state index is 0.646. The number of methoxy groups -OCH3 is 1. The lowest BCUT2D eigenvalue weighted by Gasteiger charge is -2.15. The number of hydrogen-bond acceptors (Lipinski definition) is 3. The lowest BCUT2D eigenvalue weighted by atomic mass is 10.1. The molecule has 0 aliphatic heterocycles. The fourth-order valence-electron chi connectivity index (χ4n) is 1.81. The summed E-state index contributed by atoms with van der Waals surface area (Å²) in [5, 5.41) is 3.44. The molecule has 0 aromatic heterocycles. The Morgan fingerprint density at radius 2 is 2.00 bits per heavy atom. The molecule has 0 bridgehead atoms. The maximum atomic E-state index is 5.77. The maximum Gasteiger partial charge on any atom is 0.162 e. The van der Waals surface area contributed by atoms with Crippen molar-refractivity contribution in [1.29, 1.82) is 0 Å². The highest BCUT2D eigenvalue weighted by atomic mass is 79.9. The van der Waals surface area contributed by atoms with E-state index < -0.39 is 0 Å². The van der Waals surface area contributed by atoms with Crippen molar-refractivity contribution in [3.8, 4) is 11.5 Å². The van der Waals surface area contributed by atoms with Gasteiger partial charge in [-0.2, -0.15) is 0 Å². The monoisotopic (exact) mass is 343 g/mol. The molecule has 0 aliphatic rings. The van der Waals surface area contributed by atoms with Crippen LogP contribution in [0.3, 0.4) is 0 Å². The summed E-state index contributed by atoms with van der Waals surface area (Å²) in [5.74, 6) is 2.25. The quantitative estimate of drug-likeness (QED) is 0.674. The topological polar surface area (TPSA) is 30.5 Å². The standard InChI is InChI=1S/C16H26BrNO2/c1-5-6-7-20-16-9-14(17)13(8-15(16)19-4)11-18-10-12(2)3/h8-9,12,18H,5-7,10-11H2,1-4H3. The van der Waals surface area contributed by atoms with Crippen LogP contribution in [0, 0.1) is 5.92 Å². The summed E-state index contributed by atoms with van der Waals surface area (Å²) in [6, 6.07) is 4.04. The van der Waals surface area contributed by atoms with Crippen LogP contribution in [0.4, 0.5) is 0 Å². The first kappa shape index (κ1) is 17.3. The molecule has 1 rings (SSSR count). The van der Waals surface area contributed by atoms with Crippen molar-refractivity contribution in [3.63, 3.8) is 0 Å². The van der Waals surface area contributed by atoms with Gasteiger partial charge in [-0.05, 0) is 36.6 Å². The highest BCUT2D eigenvalue weighted by molar-refractivity contribution is 9.10. The van der Waals surface area contributed by atoms with Crippen molar-refractivity contribution in [2.45, 2.75) is 40.2 Å². The molecule has 0 amide bonds. The van der Waals surface area contributed by atoms with Gasteiger partial charge in [0.05, 0.1) is 13.7 Å². The Hall–Kier alpha value is -0.740. The van der Waals surface area contributed by atoms with Crippen LogP contribution >= 0.6 is 15.9 Å². The lowest BCUT2D eigenvalue weighted by Crippen LogP contribution is -2.19. The molecule has 1 aromatic carbocycles. The van der Waals surface area contributed by atoms with Crippen LogP contribution in [0.15, 0.2) is 16.6 Å². The van der Waals surface area contributed by atoms with E-state index in [1.807, 2.05) is 12.1 Å². The first-order chi connectivity index (χ1) is 9.58. The van der Waals surface area contributed by atoms with Gasteiger partial charge in [0, 0.05) is 11.0 Å². The van der Waals surface area contributed by atoms with Crippen LogP contribution in [0.5, 0.6) is 11.5 Å². The number of hydrogen-bond donors (Lipinski definition) is 1. The van der Waals surface area contributed by atoms with Gasteiger partial charge < -0.3 is 14.8 Å². The summed E-state index contributed by atoms with van der Waals surface area (Å²) in [6.45, 7) is 9.11. The van der Waals surface area contributed by atoms with Crippen molar-refractivity contribution in [3.05, 3.63) is 22.2 Å². The second-order valence-electron chi connectivity index (χ2n) is 5.32. The fraction of sp³-hybridized carbons (Fsp3) is 0.625. The average Bonchev–Trinajstić information content (AvgIpc) is 2.41. The van der Waals surface area contributed by atoms with E-state index in [1.165, 1.54) is 5.56 Å². The Morgan fingerprint density at radius 3 is 2.60 bits per heavy atom. The van der Waals surface area contributed by atoms with Gasteiger partial charge in [-0.3, -0.25) is 0 Å². The van der Waals surface area contributed by atoms with Gasteiger partial charge in [0.15, 0.2) is 11.5 Å². The Morgan fingerprint density at radius 1 is 1.25 bits per heavy atom. The van der Waals surface area contributed by atoms with Crippen LogP contribution in [0.25, 0.3) is 0 Å². The van der Waals surface area contributed by atoms with Crippen molar-refractivity contribution in [1.82, 2.24) is 5.32 Å². The van der Waals surface area contributed by atoms with E-state index in [1.54, 1.807) is 7.11 Å². The molecule has 0 saturated carbocycles. The maximum absolute atomic E-state index is 5.77. The highest BCUT2D eigenvalue weighted by Crippen LogP contribution is 2.33. The molecule has 0 spiro atoms. The minimum atomic E-state index is 0.646. The molecule has 0 saturated heterocycles. The summed E-state index contributed by atoms with van der Waals surface area (Å²) in [7, 11) is 1.68. The van der Waals surface area contributed by atoms with E-state index in [9.17, 15) is 0 Å². The Balaban J connectivity index is 2.73. The molecule has 4 heteroatoms. The van der Waals surface area contributed by atoms with Crippen LogP contribution in [0.1, 0.15) is 39.2 Å². The van der Waals surface area contributed by atoms with Crippen molar-refractivity contribution in [2.24, 2.45) is 5.92 Å². The first-order valence-electron chi connectivity index (χ1n) is 7.28. The first-order valence-corrected chi connectivity index (χ1v) is 8.07. The van der Waals surface area contributed by atoms with Crippen molar-refractivity contribution in [2.75, 3.05) is 20.3 Å². The van der Waals surface area contributed by atoms with E-state index in [-0.39, 0.29) is 0 Å². The SMILES string of the molecule is CCCCOc1cc(Br)c(CNCC(C)C)cc1OC. The van der Waals surface area contributed by atoms with Crippen molar-refractivity contribution < 1.29 is 9.47 Å². The average molecular weight is 344 g/mol. The molecule has 0 aliphatic carbocycles. The summed E-state index contributed by atoms with van der Waals surface area (Å²) in [6.07, 6.45) is 2.18. The molecule has 1 N–H and O–H groups in total. The molecule has 0 unspecified atom stereocenters. The van der Waals surface area contributed by atoms with Crippen LogP contribution < -0.4 is 14.8 Å². The summed E-state index contributed by atoms with van der Waals surface area (Å²) in [5.41, 5.74) is 1.19. The van der Waals surface area contributed by atoms with Gasteiger partial charge in [-0.15, -0.1) is 0 Å². The molecule has 1 aromatic rings. The van der Waals surface area contributed by atoms with Crippen LogP contribution in [0.2, 0.25) is 0 Å². The van der Waals surface area contributed by atoms with Gasteiger partial charge in [0.2, 0.25) is 0 Å². The number of nitrogens with one attached hydrogen (secondary N) is 1. The largest absolute Gasteiger partial charge is 0.493 e. The van der Waals surface area contributed by atoms with Crippen LogP contribution in [-0.2, 0) is 6.54 Å². The van der Waals surface area contributed by atoms with Gasteiger partial charge in [0.1, 0.15) is 0 Å². The summed E-state index contributed by atoms with van der Waals surface area (Å²) >= 11 is 3.61. The van der Waals surface area contributed by atoms with E-state index in [4.69, 9.17) is 9.47 Å². The summed E-state index contributed by atoms with van der Waals surface area (Å²) < 4.78 is 12.3. The molecular formula is C16H26BrNO2. The Labute approximate surface area is 131 Å². The minimum Gasteiger partial charge on any atom is -0.493 e.